The van der Waals surface area contributed by atoms with Gasteiger partial charge in [-0.3, -0.25) is 0 Å². The van der Waals surface area contributed by atoms with Crippen LogP contribution < -0.4 is 10.6 Å². The first-order valence-corrected chi connectivity index (χ1v) is 5.89. The van der Waals surface area contributed by atoms with Gasteiger partial charge in [0.25, 0.3) is 0 Å². The third-order valence-electron chi connectivity index (χ3n) is 3.35. The van der Waals surface area contributed by atoms with Crippen molar-refractivity contribution in [3.63, 3.8) is 0 Å². The van der Waals surface area contributed by atoms with Crippen LogP contribution in [-0.2, 0) is 0 Å². The molecule has 0 atom stereocenters. The lowest BCUT2D eigenvalue weighted by Gasteiger charge is -2.34. The summed E-state index contributed by atoms with van der Waals surface area (Å²) in [5, 5.41) is 8.86. The maximum absolute atomic E-state index is 12.6. The number of nitrogens with zero attached hydrogens (tertiary/aromatic N) is 3. The molecule has 2 heterocycles. The van der Waals surface area contributed by atoms with Crippen molar-refractivity contribution in [2.45, 2.75) is 19.0 Å². The van der Waals surface area contributed by atoms with Gasteiger partial charge in [0.05, 0.1) is 17.2 Å². The highest BCUT2D eigenvalue weighted by Gasteiger charge is 2.41. The number of piperidine rings is 1. The van der Waals surface area contributed by atoms with Crippen molar-refractivity contribution in [3.05, 3.63) is 17.8 Å². The molecular formula is C12H13F3N4. The van der Waals surface area contributed by atoms with Crippen LogP contribution in [0.25, 0.3) is 0 Å². The van der Waals surface area contributed by atoms with E-state index in [9.17, 15) is 13.2 Å². The Balaban J connectivity index is 2.13. The first-order valence-electron chi connectivity index (χ1n) is 5.89. The number of rotatable bonds is 1. The lowest BCUT2D eigenvalue weighted by Crippen LogP contribution is -2.39. The molecule has 1 aromatic heterocycles. The number of aromatic nitrogens is 1. The van der Waals surface area contributed by atoms with Gasteiger partial charge in [-0.25, -0.2) is 4.98 Å². The summed E-state index contributed by atoms with van der Waals surface area (Å²) in [5.74, 6) is -0.858. The number of pyridine rings is 1. The molecule has 0 aromatic carbocycles. The van der Waals surface area contributed by atoms with Crippen molar-refractivity contribution >= 4 is 11.5 Å². The number of nitriles is 1. The van der Waals surface area contributed by atoms with E-state index in [1.165, 1.54) is 12.3 Å². The number of halogens is 3. The minimum Gasteiger partial charge on any atom is -0.395 e. The van der Waals surface area contributed by atoms with Crippen molar-refractivity contribution in [1.82, 2.24) is 4.98 Å². The average molecular weight is 270 g/mol. The Morgan fingerprint density at radius 3 is 2.53 bits per heavy atom. The predicted octanol–water partition coefficient (Wildman–Crippen LogP) is 2.31. The molecule has 0 saturated carbocycles. The summed E-state index contributed by atoms with van der Waals surface area (Å²) in [7, 11) is 0. The van der Waals surface area contributed by atoms with Crippen molar-refractivity contribution in [2.24, 2.45) is 5.92 Å². The topological polar surface area (TPSA) is 65.9 Å². The summed E-state index contributed by atoms with van der Waals surface area (Å²) in [5.41, 5.74) is 6.32. The Morgan fingerprint density at radius 2 is 2.00 bits per heavy atom. The van der Waals surface area contributed by atoms with Gasteiger partial charge in [-0.05, 0) is 18.9 Å². The molecule has 1 fully saturated rings. The molecule has 2 N–H and O–H groups in total. The van der Waals surface area contributed by atoms with Gasteiger partial charge in [0.15, 0.2) is 5.82 Å². The standard InChI is InChI=1S/C12H13F3N4/c13-12(14,15)9-2-5-19(6-3-9)11-10(17)8(7-16)1-4-18-11/h1,4,9H,2-3,5-6,17H2. The van der Waals surface area contributed by atoms with Gasteiger partial charge >= 0.3 is 6.18 Å². The lowest BCUT2D eigenvalue weighted by molar-refractivity contribution is -0.179. The SMILES string of the molecule is N#Cc1ccnc(N2CCC(C(F)(F)F)CC2)c1N. The normalized spacial score (nSPS) is 17.3. The van der Waals surface area contributed by atoms with Gasteiger partial charge in [-0.15, -0.1) is 0 Å². The van der Waals surface area contributed by atoms with Crippen molar-refractivity contribution in [3.8, 4) is 6.07 Å². The number of hydrogen-bond donors (Lipinski definition) is 1. The first kappa shape index (κ1) is 13.5. The van der Waals surface area contributed by atoms with Gasteiger partial charge in [0.1, 0.15) is 6.07 Å². The van der Waals surface area contributed by atoms with E-state index in [-0.39, 0.29) is 31.6 Å². The second-order valence-electron chi connectivity index (χ2n) is 4.51. The Bertz CT molecular complexity index is 499. The number of anilines is 2. The van der Waals surface area contributed by atoms with E-state index in [1.54, 1.807) is 4.90 Å². The molecular weight excluding hydrogens is 257 g/mol. The van der Waals surface area contributed by atoms with Crippen molar-refractivity contribution in [1.29, 1.82) is 5.26 Å². The van der Waals surface area contributed by atoms with E-state index >= 15 is 0 Å². The summed E-state index contributed by atoms with van der Waals surface area (Å²) in [4.78, 5) is 5.77. The Kier molecular flexibility index (Phi) is 3.51. The fourth-order valence-electron chi connectivity index (χ4n) is 2.23. The summed E-state index contributed by atoms with van der Waals surface area (Å²) >= 11 is 0. The van der Waals surface area contributed by atoms with Crippen LogP contribution in [0.3, 0.4) is 0 Å². The molecule has 1 aromatic rings. The molecule has 0 radical (unpaired) electrons. The monoisotopic (exact) mass is 270 g/mol. The Morgan fingerprint density at radius 1 is 1.37 bits per heavy atom. The zero-order valence-corrected chi connectivity index (χ0v) is 10.1. The van der Waals surface area contributed by atoms with Crippen LogP contribution in [-0.4, -0.2) is 24.2 Å². The molecule has 0 amide bonds. The summed E-state index contributed by atoms with van der Waals surface area (Å²) in [6.45, 7) is 0.493. The van der Waals surface area contributed by atoms with Gasteiger partial charge < -0.3 is 10.6 Å². The van der Waals surface area contributed by atoms with E-state index in [1.807, 2.05) is 6.07 Å². The number of hydrogen-bond acceptors (Lipinski definition) is 4. The molecule has 0 spiro atoms. The first-order chi connectivity index (χ1) is 8.93. The minimum atomic E-state index is -4.14. The molecule has 102 valence electrons. The Labute approximate surface area is 108 Å². The van der Waals surface area contributed by atoms with Gasteiger partial charge in [-0.1, -0.05) is 0 Å². The summed E-state index contributed by atoms with van der Waals surface area (Å²) in [6.07, 6.45) is -2.64. The third kappa shape index (κ3) is 2.72. The van der Waals surface area contributed by atoms with Crippen molar-refractivity contribution < 1.29 is 13.2 Å². The van der Waals surface area contributed by atoms with Crippen LogP contribution in [0.1, 0.15) is 18.4 Å². The number of nitrogen functional groups attached to an aromatic ring is 1. The fourth-order valence-corrected chi connectivity index (χ4v) is 2.23. The van der Waals surface area contributed by atoms with Crippen LogP contribution in [0, 0.1) is 17.2 Å². The van der Waals surface area contributed by atoms with Crippen molar-refractivity contribution in [2.75, 3.05) is 23.7 Å². The van der Waals surface area contributed by atoms with Gasteiger partial charge in [-0.2, -0.15) is 18.4 Å². The second-order valence-corrected chi connectivity index (χ2v) is 4.51. The molecule has 19 heavy (non-hydrogen) atoms. The van der Waals surface area contributed by atoms with Crippen LogP contribution in [0.15, 0.2) is 12.3 Å². The van der Waals surface area contributed by atoms with E-state index in [4.69, 9.17) is 11.0 Å². The molecule has 4 nitrogen and oxygen atoms in total. The lowest BCUT2D eigenvalue weighted by atomic mass is 9.96. The smallest absolute Gasteiger partial charge is 0.391 e. The zero-order chi connectivity index (χ0) is 14.0. The highest BCUT2D eigenvalue weighted by Crippen LogP contribution is 2.36. The fraction of sp³-hybridized carbons (Fsp3) is 0.500. The molecule has 1 aliphatic rings. The van der Waals surface area contributed by atoms with Crippen LogP contribution in [0.5, 0.6) is 0 Å². The minimum absolute atomic E-state index is 0.0292. The third-order valence-corrected chi connectivity index (χ3v) is 3.35. The number of nitrogens with two attached hydrogens (primary N) is 1. The molecule has 1 aliphatic heterocycles. The van der Waals surface area contributed by atoms with Gasteiger partial charge in [0, 0.05) is 19.3 Å². The van der Waals surface area contributed by atoms with Crippen LogP contribution >= 0.6 is 0 Å². The number of alkyl halides is 3. The van der Waals surface area contributed by atoms with E-state index in [0.717, 1.165) is 0 Å². The largest absolute Gasteiger partial charge is 0.395 e. The quantitative estimate of drug-likeness (QED) is 0.850. The predicted molar refractivity (Wildman–Crippen MR) is 64.4 cm³/mol. The molecule has 2 rings (SSSR count). The van der Waals surface area contributed by atoms with Crippen LogP contribution in [0.4, 0.5) is 24.7 Å². The highest BCUT2D eigenvalue weighted by atomic mass is 19.4. The summed E-state index contributed by atoms with van der Waals surface area (Å²) < 4.78 is 37.7. The molecule has 0 aliphatic carbocycles. The maximum Gasteiger partial charge on any atom is 0.391 e. The summed E-state index contributed by atoms with van der Waals surface area (Å²) in [6, 6.07) is 3.42. The van der Waals surface area contributed by atoms with Crippen LogP contribution in [0.2, 0.25) is 0 Å². The van der Waals surface area contributed by atoms with E-state index < -0.39 is 12.1 Å². The second kappa shape index (κ2) is 4.96. The highest BCUT2D eigenvalue weighted by molar-refractivity contribution is 5.70. The molecule has 1 saturated heterocycles. The molecule has 0 unspecified atom stereocenters. The maximum atomic E-state index is 12.6. The van der Waals surface area contributed by atoms with E-state index in [0.29, 0.717) is 11.4 Å². The van der Waals surface area contributed by atoms with Gasteiger partial charge in [0.2, 0.25) is 0 Å². The average Bonchev–Trinajstić information content (AvgIpc) is 2.38. The van der Waals surface area contributed by atoms with E-state index in [2.05, 4.69) is 4.98 Å². The molecule has 7 heteroatoms. The molecule has 0 bridgehead atoms. The zero-order valence-electron chi connectivity index (χ0n) is 10.1. The Hall–Kier alpha value is -1.97.